The Labute approximate surface area is 228 Å². The average Bonchev–Trinajstić information content (AvgIpc) is 3.79. The van der Waals surface area contributed by atoms with Crippen LogP contribution in [0.2, 0.25) is 0 Å². The van der Waals surface area contributed by atoms with Gasteiger partial charge in [0.15, 0.2) is 0 Å². The van der Waals surface area contributed by atoms with E-state index in [1.807, 2.05) is 26.8 Å². The van der Waals surface area contributed by atoms with E-state index >= 15 is 0 Å². The molecule has 1 aromatic heterocycles. The zero-order valence-electron chi connectivity index (χ0n) is 22.2. The van der Waals surface area contributed by atoms with Crippen LogP contribution < -0.4 is 0 Å². The zero-order chi connectivity index (χ0) is 26.4. The summed E-state index contributed by atoms with van der Waals surface area (Å²) in [6, 6.07) is 16.7. The van der Waals surface area contributed by atoms with Crippen LogP contribution in [0.4, 0.5) is 4.79 Å². The molecule has 0 unspecified atom stereocenters. The van der Waals surface area contributed by atoms with Crippen molar-refractivity contribution in [1.29, 1.82) is 0 Å². The van der Waals surface area contributed by atoms with Gasteiger partial charge in [-0.3, -0.25) is 14.7 Å². The SMILES string of the molecule is O=C(N1CCCC1)N1CC[C@@H](CN2C(=O)C3(CCOCC3)N=C2c2ccc(-c3ccc4occc4c3)cc2)C1. The van der Waals surface area contributed by atoms with E-state index in [2.05, 4.69) is 36.4 Å². The maximum atomic E-state index is 13.9. The summed E-state index contributed by atoms with van der Waals surface area (Å²) in [7, 11) is 0. The summed E-state index contributed by atoms with van der Waals surface area (Å²) < 4.78 is 11.1. The van der Waals surface area contributed by atoms with Crippen LogP contribution in [-0.2, 0) is 9.53 Å². The summed E-state index contributed by atoms with van der Waals surface area (Å²) in [5, 5.41) is 1.07. The molecule has 3 saturated heterocycles. The number of furan rings is 1. The molecule has 0 bridgehead atoms. The monoisotopic (exact) mass is 526 g/mol. The molecule has 0 aliphatic carbocycles. The molecule has 0 N–H and O–H groups in total. The number of nitrogens with zero attached hydrogens (tertiary/aromatic N) is 4. The number of benzene rings is 2. The van der Waals surface area contributed by atoms with E-state index in [-0.39, 0.29) is 17.9 Å². The highest BCUT2D eigenvalue weighted by Crippen LogP contribution is 2.36. The van der Waals surface area contributed by atoms with Gasteiger partial charge >= 0.3 is 6.03 Å². The predicted molar refractivity (Wildman–Crippen MR) is 149 cm³/mol. The molecule has 4 aliphatic rings. The first kappa shape index (κ1) is 24.4. The number of hydrogen-bond donors (Lipinski definition) is 0. The lowest BCUT2D eigenvalue weighted by Crippen LogP contribution is -2.47. The van der Waals surface area contributed by atoms with Crippen LogP contribution in [0.1, 0.15) is 37.7 Å². The topological polar surface area (TPSA) is 78.6 Å². The fourth-order valence-electron chi connectivity index (χ4n) is 6.56. The molecule has 3 aromatic rings. The molecule has 7 rings (SSSR count). The second kappa shape index (κ2) is 9.83. The molecular formula is C31H34N4O4. The van der Waals surface area contributed by atoms with Crippen LogP contribution in [0.25, 0.3) is 22.1 Å². The zero-order valence-corrected chi connectivity index (χ0v) is 22.2. The van der Waals surface area contributed by atoms with Crippen LogP contribution in [0.5, 0.6) is 0 Å². The van der Waals surface area contributed by atoms with Gasteiger partial charge in [0, 0.05) is 69.7 Å². The van der Waals surface area contributed by atoms with E-state index in [1.165, 1.54) is 0 Å². The lowest BCUT2D eigenvalue weighted by atomic mass is 9.90. The number of carbonyl (C=O) groups is 2. The van der Waals surface area contributed by atoms with E-state index in [0.717, 1.165) is 72.4 Å². The number of fused-ring (bicyclic) bond motifs is 1. The summed E-state index contributed by atoms with van der Waals surface area (Å²) in [6.45, 7) is 4.85. The number of urea groups is 1. The van der Waals surface area contributed by atoms with Crippen molar-refractivity contribution in [2.75, 3.05) is 45.9 Å². The number of aliphatic imine (C=N–C) groups is 1. The van der Waals surface area contributed by atoms with Gasteiger partial charge in [-0.2, -0.15) is 0 Å². The molecule has 1 atom stereocenters. The van der Waals surface area contributed by atoms with E-state index in [9.17, 15) is 9.59 Å². The third-order valence-electron chi connectivity index (χ3n) is 8.84. The first-order valence-electron chi connectivity index (χ1n) is 14.2. The summed E-state index contributed by atoms with van der Waals surface area (Å²) in [5.41, 5.74) is 3.31. The van der Waals surface area contributed by atoms with Crippen LogP contribution in [-0.4, -0.2) is 84.0 Å². The molecule has 2 aromatic carbocycles. The minimum atomic E-state index is -0.734. The molecule has 3 amide bonds. The van der Waals surface area contributed by atoms with E-state index in [0.29, 0.717) is 39.1 Å². The maximum Gasteiger partial charge on any atom is 0.320 e. The minimum Gasteiger partial charge on any atom is -0.464 e. The molecule has 0 radical (unpaired) electrons. The second-order valence-electron chi connectivity index (χ2n) is 11.3. The second-order valence-corrected chi connectivity index (χ2v) is 11.3. The van der Waals surface area contributed by atoms with Gasteiger partial charge in [0.05, 0.1) is 6.26 Å². The summed E-state index contributed by atoms with van der Waals surface area (Å²) in [5.74, 6) is 1.07. The Morgan fingerprint density at radius 3 is 2.46 bits per heavy atom. The standard InChI is InChI=1S/C31H34N4O4/c36-29-31(11-17-38-18-12-31)32-28(35(29)21-22-9-15-34(20-22)30(37)33-13-1-2-14-33)24-5-3-23(4-6-24)25-7-8-27-26(19-25)10-16-39-27/h3-8,10,16,19,22H,1-2,9,11-15,17-18,20-21H2/t22-/m1/s1. The third-order valence-corrected chi connectivity index (χ3v) is 8.84. The minimum absolute atomic E-state index is 0.0830. The molecule has 1 spiro atoms. The van der Waals surface area contributed by atoms with Gasteiger partial charge in [-0.25, -0.2) is 4.79 Å². The lowest BCUT2D eigenvalue weighted by Gasteiger charge is -2.30. The van der Waals surface area contributed by atoms with Crippen molar-refractivity contribution in [3.05, 3.63) is 60.4 Å². The van der Waals surface area contributed by atoms with Crippen molar-refractivity contribution < 1.29 is 18.7 Å². The number of amidine groups is 1. The first-order chi connectivity index (χ1) is 19.1. The largest absolute Gasteiger partial charge is 0.464 e. The highest BCUT2D eigenvalue weighted by atomic mass is 16.5. The Kier molecular flexibility index (Phi) is 6.15. The molecule has 39 heavy (non-hydrogen) atoms. The van der Waals surface area contributed by atoms with E-state index in [1.54, 1.807) is 6.26 Å². The molecular weight excluding hydrogens is 492 g/mol. The normalized spacial score (nSPS) is 22.9. The number of hydrogen-bond acceptors (Lipinski definition) is 5. The van der Waals surface area contributed by atoms with Crippen LogP contribution in [0, 0.1) is 5.92 Å². The molecule has 3 fully saturated rings. The lowest BCUT2D eigenvalue weighted by molar-refractivity contribution is -0.134. The maximum absolute atomic E-state index is 13.9. The molecule has 8 nitrogen and oxygen atoms in total. The van der Waals surface area contributed by atoms with Gasteiger partial charge < -0.3 is 19.0 Å². The van der Waals surface area contributed by atoms with Crippen molar-refractivity contribution in [3.63, 3.8) is 0 Å². The third kappa shape index (κ3) is 4.40. The quantitative estimate of drug-likeness (QED) is 0.490. The van der Waals surface area contributed by atoms with Crippen molar-refractivity contribution in [3.8, 4) is 11.1 Å². The molecule has 5 heterocycles. The highest BCUT2D eigenvalue weighted by molar-refractivity contribution is 6.15. The summed E-state index contributed by atoms with van der Waals surface area (Å²) in [4.78, 5) is 37.9. The van der Waals surface area contributed by atoms with Crippen molar-refractivity contribution in [1.82, 2.24) is 14.7 Å². The fourth-order valence-corrected chi connectivity index (χ4v) is 6.56. The molecule has 202 valence electrons. The molecule has 8 heteroatoms. The Bertz CT molecular complexity index is 1420. The van der Waals surface area contributed by atoms with Crippen molar-refractivity contribution in [2.24, 2.45) is 10.9 Å². The van der Waals surface area contributed by atoms with E-state index < -0.39 is 5.54 Å². The number of rotatable bonds is 4. The van der Waals surface area contributed by atoms with Gasteiger partial charge in [0.25, 0.3) is 5.91 Å². The Balaban J connectivity index is 1.13. The molecule has 4 aliphatic heterocycles. The van der Waals surface area contributed by atoms with Crippen LogP contribution in [0.15, 0.2) is 64.2 Å². The van der Waals surface area contributed by atoms with Gasteiger partial charge in [-0.05, 0) is 54.5 Å². The van der Waals surface area contributed by atoms with Crippen LogP contribution in [0.3, 0.4) is 0 Å². The van der Waals surface area contributed by atoms with Crippen LogP contribution >= 0.6 is 0 Å². The average molecular weight is 527 g/mol. The Hall–Kier alpha value is -3.65. The highest BCUT2D eigenvalue weighted by Gasteiger charge is 2.50. The Morgan fingerprint density at radius 2 is 1.67 bits per heavy atom. The van der Waals surface area contributed by atoms with Gasteiger partial charge in [0.2, 0.25) is 0 Å². The number of carbonyl (C=O) groups excluding carboxylic acids is 2. The number of amides is 3. The number of ether oxygens (including phenoxy) is 1. The summed E-state index contributed by atoms with van der Waals surface area (Å²) in [6.07, 6.45) is 6.01. The summed E-state index contributed by atoms with van der Waals surface area (Å²) >= 11 is 0. The molecule has 0 saturated carbocycles. The first-order valence-corrected chi connectivity index (χ1v) is 14.2. The van der Waals surface area contributed by atoms with Gasteiger partial charge in [0.1, 0.15) is 17.0 Å². The van der Waals surface area contributed by atoms with Gasteiger partial charge in [-0.1, -0.05) is 30.3 Å². The fraction of sp³-hybridized carbons (Fsp3) is 0.452. The van der Waals surface area contributed by atoms with Crippen molar-refractivity contribution in [2.45, 2.75) is 37.6 Å². The van der Waals surface area contributed by atoms with Crippen molar-refractivity contribution >= 4 is 28.7 Å². The number of likely N-dealkylation sites (tertiary alicyclic amines) is 2. The Morgan fingerprint density at radius 1 is 0.923 bits per heavy atom. The smallest absolute Gasteiger partial charge is 0.320 e. The van der Waals surface area contributed by atoms with E-state index in [4.69, 9.17) is 14.1 Å². The van der Waals surface area contributed by atoms with Gasteiger partial charge in [-0.15, -0.1) is 0 Å². The predicted octanol–water partition coefficient (Wildman–Crippen LogP) is 4.78.